The SMILES string of the molecule is CC1CC1C(NC(=O)CC1CCCN1)c1ccc(Cl)cc1. The Kier molecular flexibility index (Phi) is 4.51. The van der Waals surface area contributed by atoms with E-state index in [-0.39, 0.29) is 11.9 Å². The molecule has 114 valence electrons. The molecule has 2 fully saturated rings. The number of benzene rings is 1. The Morgan fingerprint density at radius 3 is 2.71 bits per heavy atom. The first-order chi connectivity index (χ1) is 10.1. The largest absolute Gasteiger partial charge is 0.349 e. The summed E-state index contributed by atoms with van der Waals surface area (Å²) in [5, 5.41) is 7.37. The second-order valence-corrected chi connectivity index (χ2v) is 6.91. The van der Waals surface area contributed by atoms with Gasteiger partial charge in [0.1, 0.15) is 0 Å². The normalized spacial score (nSPS) is 29.1. The number of rotatable bonds is 5. The fourth-order valence-electron chi connectivity index (χ4n) is 3.31. The van der Waals surface area contributed by atoms with Crippen LogP contribution in [0.15, 0.2) is 24.3 Å². The van der Waals surface area contributed by atoms with Crippen LogP contribution in [0.4, 0.5) is 0 Å². The fourth-order valence-corrected chi connectivity index (χ4v) is 3.44. The third-order valence-electron chi connectivity index (χ3n) is 4.74. The zero-order valence-electron chi connectivity index (χ0n) is 12.4. The third kappa shape index (κ3) is 3.78. The van der Waals surface area contributed by atoms with E-state index < -0.39 is 0 Å². The van der Waals surface area contributed by atoms with Gasteiger partial charge in [-0.2, -0.15) is 0 Å². The van der Waals surface area contributed by atoms with Crippen LogP contribution in [-0.2, 0) is 4.79 Å². The minimum absolute atomic E-state index is 0.131. The Morgan fingerprint density at radius 1 is 1.43 bits per heavy atom. The van der Waals surface area contributed by atoms with E-state index >= 15 is 0 Å². The Hall–Kier alpha value is -1.06. The van der Waals surface area contributed by atoms with Crippen LogP contribution in [0.3, 0.4) is 0 Å². The minimum atomic E-state index is 0.131. The lowest BCUT2D eigenvalue weighted by molar-refractivity contribution is -0.122. The van der Waals surface area contributed by atoms with E-state index in [2.05, 4.69) is 17.6 Å². The molecule has 0 bridgehead atoms. The summed E-state index contributed by atoms with van der Waals surface area (Å²) in [6.07, 6.45) is 4.07. The van der Waals surface area contributed by atoms with Gasteiger partial charge in [0.15, 0.2) is 0 Å². The minimum Gasteiger partial charge on any atom is -0.349 e. The molecule has 1 aromatic rings. The molecule has 4 heteroatoms. The van der Waals surface area contributed by atoms with Gasteiger partial charge in [-0.05, 0) is 55.3 Å². The lowest BCUT2D eigenvalue weighted by Crippen LogP contribution is -2.35. The zero-order valence-corrected chi connectivity index (χ0v) is 13.2. The molecule has 0 radical (unpaired) electrons. The van der Waals surface area contributed by atoms with Gasteiger partial charge in [-0.1, -0.05) is 30.7 Å². The summed E-state index contributed by atoms with van der Waals surface area (Å²) in [6, 6.07) is 8.36. The number of hydrogen-bond acceptors (Lipinski definition) is 2. The number of nitrogens with one attached hydrogen (secondary N) is 2. The molecule has 1 aliphatic heterocycles. The summed E-state index contributed by atoms with van der Waals surface area (Å²) in [6.45, 7) is 3.29. The Labute approximate surface area is 131 Å². The molecule has 4 unspecified atom stereocenters. The van der Waals surface area contributed by atoms with Crippen LogP contribution in [-0.4, -0.2) is 18.5 Å². The fraction of sp³-hybridized carbons (Fsp3) is 0.588. The average molecular weight is 307 g/mol. The van der Waals surface area contributed by atoms with Gasteiger partial charge in [0, 0.05) is 17.5 Å². The number of carbonyl (C=O) groups is 1. The summed E-state index contributed by atoms with van der Waals surface area (Å²) in [7, 11) is 0. The van der Waals surface area contributed by atoms with Crippen LogP contribution in [0.1, 0.15) is 44.2 Å². The van der Waals surface area contributed by atoms with E-state index in [9.17, 15) is 4.79 Å². The molecular weight excluding hydrogens is 284 g/mol. The van der Waals surface area contributed by atoms with Crippen molar-refractivity contribution in [1.29, 1.82) is 0 Å². The van der Waals surface area contributed by atoms with Crippen molar-refractivity contribution in [1.82, 2.24) is 10.6 Å². The highest BCUT2D eigenvalue weighted by Crippen LogP contribution is 2.47. The predicted octanol–water partition coefficient (Wildman–Crippen LogP) is 3.30. The van der Waals surface area contributed by atoms with Gasteiger partial charge in [0.25, 0.3) is 0 Å². The van der Waals surface area contributed by atoms with E-state index in [1.807, 2.05) is 24.3 Å². The van der Waals surface area contributed by atoms with Crippen molar-refractivity contribution < 1.29 is 4.79 Å². The lowest BCUT2D eigenvalue weighted by Gasteiger charge is -2.21. The van der Waals surface area contributed by atoms with Gasteiger partial charge < -0.3 is 10.6 Å². The standard InChI is InChI=1S/C17H23ClN2O/c1-11-9-15(11)17(12-4-6-13(18)7-5-12)20-16(21)10-14-3-2-8-19-14/h4-7,11,14-15,17,19H,2-3,8-10H2,1H3,(H,20,21). The van der Waals surface area contributed by atoms with Gasteiger partial charge >= 0.3 is 0 Å². The highest BCUT2D eigenvalue weighted by atomic mass is 35.5. The third-order valence-corrected chi connectivity index (χ3v) is 4.99. The second-order valence-electron chi connectivity index (χ2n) is 6.47. The van der Waals surface area contributed by atoms with Crippen LogP contribution in [0, 0.1) is 11.8 Å². The van der Waals surface area contributed by atoms with Crippen molar-refractivity contribution in [3.05, 3.63) is 34.9 Å². The first-order valence-corrected chi connectivity index (χ1v) is 8.29. The summed E-state index contributed by atoms with van der Waals surface area (Å²) < 4.78 is 0. The smallest absolute Gasteiger partial charge is 0.222 e. The van der Waals surface area contributed by atoms with Gasteiger partial charge in [-0.15, -0.1) is 0 Å². The predicted molar refractivity (Wildman–Crippen MR) is 85.2 cm³/mol. The monoisotopic (exact) mass is 306 g/mol. The quantitative estimate of drug-likeness (QED) is 0.876. The summed E-state index contributed by atoms with van der Waals surface area (Å²) in [5.41, 5.74) is 1.17. The molecule has 3 rings (SSSR count). The zero-order chi connectivity index (χ0) is 14.8. The van der Waals surface area contributed by atoms with Crippen molar-refractivity contribution in [2.45, 2.75) is 44.7 Å². The molecule has 1 aliphatic carbocycles. The number of amides is 1. The van der Waals surface area contributed by atoms with Gasteiger partial charge in [0.05, 0.1) is 6.04 Å². The topological polar surface area (TPSA) is 41.1 Å². The maximum absolute atomic E-state index is 12.3. The average Bonchev–Trinajstić information content (AvgIpc) is 2.96. The van der Waals surface area contributed by atoms with E-state index in [0.717, 1.165) is 18.0 Å². The van der Waals surface area contributed by atoms with Gasteiger partial charge in [0.2, 0.25) is 5.91 Å². The first kappa shape index (κ1) is 14.9. The lowest BCUT2D eigenvalue weighted by atomic mass is 10.0. The van der Waals surface area contributed by atoms with Crippen molar-refractivity contribution in [2.24, 2.45) is 11.8 Å². The number of halogens is 1. The Morgan fingerprint density at radius 2 is 2.14 bits per heavy atom. The van der Waals surface area contributed by atoms with Crippen LogP contribution in [0.5, 0.6) is 0 Å². The van der Waals surface area contributed by atoms with Crippen molar-refractivity contribution in [3.63, 3.8) is 0 Å². The summed E-state index contributed by atoms with van der Waals surface area (Å²) in [4.78, 5) is 12.3. The maximum Gasteiger partial charge on any atom is 0.222 e. The Balaban J connectivity index is 1.65. The molecule has 1 saturated heterocycles. The molecule has 4 atom stereocenters. The first-order valence-electron chi connectivity index (χ1n) is 7.91. The van der Waals surface area contributed by atoms with Crippen LogP contribution in [0.25, 0.3) is 0 Å². The van der Waals surface area contributed by atoms with E-state index in [0.29, 0.717) is 24.3 Å². The maximum atomic E-state index is 12.3. The molecule has 1 heterocycles. The highest BCUT2D eigenvalue weighted by molar-refractivity contribution is 6.30. The van der Waals surface area contributed by atoms with Crippen molar-refractivity contribution >= 4 is 17.5 Å². The van der Waals surface area contributed by atoms with Crippen molar-refractivity contribution in [3.8, 4) is 0 Å². The molecule has 21 heavy (non-hydrogen) atoms. The molecule has 1 saturated carbocycles. The summed E-state index contributed by atoms with van der Waals surface area (Å²) in [5.74, 6) is 1.41. The Bertz CT molecular complexity index is 496. The number of hydrogen-bond donors (Lipinski definition) is 2. The molecular formula is C17H23ClN2O. The summed E-state index contributed by atoms with van der Waals surface area (Å²) >= 11 is 5.96. The second kappa shape index (κ2) is 6.37. The van der Waals surface area contributed by atoms with E-state index in [1.54, 1.807) is 0 Å². The van der Waals surface area contributed by atoms with E-state index in [1.165, 1.54) is 18.4 Å². The molecule has 1 amide bonds. The van der Waals surface area contributed by atoms with Crippen LogP contribution >= 0.6 is 11.6 Å². The number of carbonyl (C=O) groups excluding carboxylic acids is 1. The molecule has 2 N–H and O–H groups in total. The van der Waals surface area contributed by atoms with Crippen molar-refractivity contribution in [2.75, 3.05) is 6.54 Å². The van der Waals surface area contributed by atoms with Crippen LogP contribution in [0.2, 0.25) is 5.02 Å². The molecule has 0 spiro atoms. The van der Waals surface area contributed by atoms with Gasteiger partial charge in [-0.3, -0.25) is 4.79 Å². The van der Waals surface area contributed by atoms with E-state index in [4.69, 9.17) is 11.6 Å². The highest BCUT2D eigenvalue weighted by Gasteiger charge is 2.41. The van der Waals surface area contributed by atoms with Gasteiger partial charge in [-0.25, -0.2) is 0 Å². The molecule has 0 aromatic heterocycles. The molecule has 2 aliphatic rings. The van der Waals surface area contributed by atoms with Crippen LogP contribution < -0.4 is 10.6 Å². The molecule has 1 aromatic carbocycles. The molecule has 3 nitrogen and oxygen atoms in total.